The molecule has 2 N–H and O–H groups in total. The number of benzene rings is 1. The number of rotatable bonds is 1. The van der Waals surface area contributed by atoms with Gasteiger partial charge in [0.25, 0.3) is 0 Å². The second kappa shape index (κ2) is 3.81. The number of anilines is 2. The maximum Gasteiger partial charge on any atom is 0.0541 e. The second-order valence-electron chi connectivity index (χ2n) is 3.86. The Kier molecular flexibility index (Phi) is 2.68. The van der Waals surface area contributed by atoms with Gasteiger partial charge in [0.05, 0.1) is 5.69 Å². The van der Waals surface area contributed by atoms with Gasteiger partial charge in [-0.3, -0.25) is 0 Å². The number of halogens is 1. The van der Waals surface area contributed by atoms with Crippen LogP contribution in [0.2, 0.25) is 0 Å². The molecule has 0 aromatic heterocycles. The van der Waals surface area contributed by atoms with Crippen molar-refractivity contribution in [2.45, 2.75) is 19.8 Å². The number of nitrogens with zero attached hydrogens (tertiary/aromatic N) is 1. The van der Waals surface area contributed by atoms with Crippen LogP contribution in [0.1, 0.15) is 18.4 Å². The first-order chi connectivity index (χ1) is 6.68. The Labute approximate surface area is 93.2 Å². The van der Waals surface area contributed by atoms with Crippen molar-refractivity contribution in [1.82, 2.24) is 0 Å². The SMILES string of the molecule is Cc1cc(N)cc(Br)c1N1CCCC1. The highest BCUT2D eigenvalue weighted by molar-refractivity contribution is 9.10. The van der Waals surface area contributed by atoms with E-state index in [4.69, 9.17) is 5.73 Å². The van der Waals surface area contributed by atoms with Crippen molar-refractivity contribution < 1.29 is 0 Å². The van der Waals surface area contributed by atoms with Crippen molar-refractivity contribution in [3.8, 4) is 0 Å². The second-order valence-corrected chi connectivity index (χ2v) is 4.72. The number of nitrogen functional groups attached to an aromatic ring is 1. The first-order valence-electron chi connectivity index (χ1n) is 4.99. The molecule has 3 heteroatoms. The monoisotopic (exact) mass is 254 g/mol. The van der Waals surface area contributed by atoms with Crippen LogP contribution in [-0.2, 0) is 0 Å². The van der Waals surface area contributed by atoms with Gasteiger partial charge in [0.2, 0.25) is 0 Å². The Morgan fingerprint density at radius 2 is 1.93 bits per heavy atom. The first kappa shape index (κ1) is 9.84. The number of hydrogen-bond donors (Lipinski definition) is 1. The van der Waals surface area contributed by atoms with Crippen molar-refractivity contribution >= 4 is 27.3 Å². The molecule has 0 saturated carbocycles. The fraction of sp³-hybridized carbons (Fsp3) is 0.455. The van der Waals surface area contributed by atoms with Gasteiger partial charge in [-0.2, -0.15) is 0 Å². The van der Waals surface area contributed by atoms with E-state index in [1.54, 1.807) is 0 Å². The minimum absolute atomic E-state index is 0.831. The Balaban J connectivity index is 2.40. The average Bonchev–Trinajstić information content (AvgIpc) is 2.54. The molecule has 14 heavy (non-hydrogen) atoms. The lowest BCUT2D eigenvalue weighted by molar-refractivity contribution is 0.949. The zero-order valence-electron chi connectivity index (χ0n) is 8.39. The van der Waals surface area contributed by atoms with Crippen LogP contribution in [0, 0.1) is 6.92 Å². The molecule has 1 aliphatic heterocycles. The molecule has 1 fully saturated rings. The van der Waals surface area contributed by atoms with Gasteiger partial charge < -0.3 is 10.6 Å². The van der Waals surface area contributed by atoms with Gasteiger partial charge >= 0.3 is 0 Å². The van der Waals surface area contributed by atoms with Crippen molar-refractivity contribution in [1.29, 1.82) is 0 Å². The summed E-state index contributed by atoms with van der Waals surface area (Å²) in [6.45, 7) is 4.46. The standard InChI is InChI=1S/C11H15BrN2/c1-8-6-9(13)7-10(12)11(8)14-4-2-3-5-14/h6-7H,2-5,13H2,1H3. The fourth-order valence-corrected chi connectivity index (χ4v) is 2.93. The van der Waals surface area contributed by atoms with E-state index in [0.29, 0.717) is 0 Å². The summed E-state index contributed by atoms with van der Waals surface area (Å²) in [6.07, 6.45) is 2.60. The Bertz CT molecular complexity index is 320. The number of nitrogens with two attached hydrogens (primary N) is 1. The van der Waals surface area contributed by atoms with E-state index in [1.165, 1.54) is 37.2 Å². The molecule has 76 valence electrons. The van der Waals surface area contributed by atoms with Crippen molar-refractivity contribution in [3.05, 3.63) is 22.2 Å². The van der Waals surface area contributed by atoms with E-state index in [-0.39, 0.29) is 0 Å². The van der Waals surface area contributed by atoms with Gasteiger partial charge in [0.1, 0.15) is 0 Å². The van der Waals surface area contributed by atoms with Crippen molar-refractivity contribution in [3.63, 3.8) is 0 Å². The summed E-state index contributed by atoms with van der Waals surface area (Å²) in [7, 11) is 0. The van der Waals surface area contributed by atoms with Crippen LogP contribution in [0.3, 0.4) is 0 Å². The lowest BCUT2D eigenvalue weighted by Crippen LogP contribution is -2.19. The van der Waals surface area contributed by atoms with Gasteiger partial charge in [-0.15, -0.1) is 0 Å². The minimum Gasteiger partial charge on any atom is -0.399 e. The molecule has 1 heterocycles. The maximum absolute atomic E-state index is 5.78. The predicted octanol–water partition coefficient (Wildman–Crippen LogP) is 2.94. The highest BCUT2D eigenvalue weighted by Crippen LogP contribution is 2.34. The smallest absolute Gasteiger partial charge is 0.0541 e. The lowest BCUT2D eigenvalue weighted by Gasteiger charge is -2.22. The Hall–Kier alpha value is -0.700. The zero-order chi connectivity index (χ0) is 10.1. The molecule has 0 amide bonds. The highest BCUT2D eigenvalue weighted by Gasteiger charge is 2.17. The van der Waals surface area contributed by atoms with Crippen LogP contribution in [-0.4, -0.2) is 13.1 Å². The number of aryl methyl sites for hydroxylation is 1. The molecule has 0 bridgehead atoms. The quantitative estimate of drug-likeness (QED) is 0.782. The summed E-state index contributed by atoms with van der Waals surface area (Å²) in [6, 6.07) is 4.03. The molecule has 1 aliphatic rings. The van der Waals surface area contributed by atoms with E-state index < -0.39 is 0 Å². The third kappa shape index (κ3) is 1.73. The zero-order valence-corrected chi connectivity index (χ0v) is 9.97. The van der Waals surface area contributed by atoms with Crippen LogP contribution in [0.5, 0.6) is 0 Å². The Morgan fingerprint density at radius 3 is 2.50 bits per heavy atom. The van der Waals surface area contributed by atoms with Gasteiger partial charge in [-0.05, 0) is 53.4 Å². The van der Waals surface area contributed by atoms with E-state index >= 15 is 0 Å². The van der Waals surface area contributed by atoms with Gasteiger partial charge in [-0.25, -0.2) is 0 Å². The highest BCUT2D eigenvalue weighted by atomic mass is 79.9. The van der Waals surface area contributed by atoms with Crippen LogP contribution in [0.4, 0.5) is 11.4 Å². The molecular formula is C11H15BrN2. The van der Waals surface area contributed by atoms with Crippen LogP contribution < -0.4 is 10.6 Å². The maximum atomic E-state index is 5.78. The topological polar surface area (TPSA) is 29.3 Å². The summed E-state index contributed by atoms with van der Waals surface area (Å²) in [5.41, 5.74) is 9.19. The van der Waals surface area contributed by atoms with E-state index in [1.807, 2.05) is 12.1 Å². The fourth-order valence-electron chi connectivity index (χ4n) is 2.10. The first-order valence-corrected chi connectivity index (χ1v) is 5.78. The molecule has 0 atom stereocenters. The molecule has 0 radical (unpaired) electrons. The third-order valence-electron chi connectivity index (χ3n) is 2.70. The molecule has 1 aromatic rings. The molecule has 2 nitrogen and oxygen atoms in total. The van der Waals surface area contributed by atoms with Crippen molar-refractivity contribution in [2.75, 3.05) is 23.7 Å². The molecule has 0 unspecified atom stereocenters. The van der Waals surface area contributed by atoms with Crippen molar-refractivity contribution in [2.24, 2.45) is 0 Å². The molecule has 1 saturated heterocycles. The Morgan fingerprint density at radius 1 is 1.29 bits per heavy atom. The molecule has 0 spiro atoms. The van der Waals surface area contributed by atoms with Crippen LogP contribution in [0.25, 0.3) is 0 Å². The molecule has 0 aliphatic carbocycles. The number of hydrogen-bond acceptors (Lipinski definition) is 2. The summed E-state index contributed by atoms with van der Waals surface area (Å²) in [4.78, 5) is 2.43. The third-order valence-corrected chi connectivity index (χ3v) is 3.30. The predicted molar refractivity (Wildman–Crippen MR) is 64.7 cm³/mol. The van der Waals surface area contributed by atoms with Crippen LogP contribution >= 0.6 is 15.9 Å². The van der Waals surface area contributed by atoms with Gasteiger partial charge in [-0.1, -0.05) is 0 Å². The summed E-state index contributed by atoms with van der Waals surface area (Å²) in [5.74, 6) is 0. The largest absolute Gasteiger partial charge is 0.399 e. The van der Waals surface area contributed by atoms with E-state index in [2.05, 4.69) is 27.8 Å². The normalized spacial score (nSPS) is 16.3. The molecule has 2 rings (SSSR count). The van der Waals surface area contributed by atoms with E-state index in [9.17, 15) is 0 Å². The average molecular weight is 255 g/mol. The van der Waals surface area contributed by atoms with Gasteiger partial charge in [0, 0.05) is 23.2 Å². The molecular weight excluding hydrogens is 240 g/mol. The van der Waals surface area contributed by atoms with Gasteiger partial charge in [0.15, 0.2) is 0 Å². The van der Waals surface area contributed by atoms with Crippen LogP contribution in [0.15, 0.2) is 16.6 Å². The van der Waals surface area contributed by atoms with E-state index in [0.717, 1.165) is 10.2 Å². The summed E-state index contributed by atoms with van der Waals surface area (Å²) in [5, 5.41) is 0. The molecule has 1 aromatic carbocycles. The minimum atomic E-state index is 0.831. The lowest BCUT2D eigenvalue weighted by atomic mass is 10.1. The summed E-state index contributed by atoms with van der Waals surface area (Å²) >= 11 is 3.59. The summed E-state index contributed by atoms with van der Waals surface area (Å²) < 4.78 is 1.12.